The Morgan fingerprint density at radius 1 is 1.18 bits per heavy atom. The average molecular weight is 226 g/mol. The molecule has 3 rings (SSSR count). The zero-order valence-corrected chi connectivity index (χ0v) is 10.2. The summed E-state index contributed by atoms with van der Waals surface area (Å²) in [4.78, 5) is 0. The van der Waals surface area contributed by atoms with E-state index in [1.165, 1.54) is 22.4 Å². The molecular formula is C15H18N2. The van der Waals surface area contributed by atoms with Gasteiger partial charge in [-0.05, 0) is 36.1 Å². The molecule has 1 aliphatic rings. The predicted octanol–water partition coefficient (Wildman–Crippen LogP) is 2.49. The van der Waals surface area contributed by atoms with Gasteiger partial charge in [0.15, 0.2) is 0 Å². The summed E-state index contributed by atoms with van der Waals surface area (Å²) in [6.45, 7) is 5.39. The van der Waals surface area contributed by atoms with Crippen molar-refractivity contribution in [3.63, 3.8) is 0 Å². The molecule has 1 aliphatic heterocycles. The van der Waals surface area contributed by atoms with Crippen LogP contribution < -0.4 is 5.32 Å². The molecule has 0 saturated heterocycles. The average Bonchev–Trinajstić information content (AvgIpc) is 2.76. The number of hydrogen-bond donors (Lipinski definition) is 1. The lowest BCUT2D eigenvalue weighted by atomic mass is 10.0. The summed E-state index contributed by atoms with van der Waals surface area (Å²) in [5.41, 5.74) is 5.74. The third-order valence-electron chi connectivity index (χ3n) is 3.64. The van der Waals surface area contributed by atoms with Crippen LogP contribution in [0.1, 0.15) is 22.4 Å². The lowest BCUT2D eigenvalue weighted by Crippen LogP contribution is -2.28. The van der Waals surface area contributed by atoms with Gasteiger partial charge < -0.3 is 9.88 Å². The molecule has 0 bridgehead atoms. The topological polar surface area (TPSA) is 17.0 Å². The van der Waals surface area contributed by atoms with Gasteiger partial charge in [0.05, 0.1) is 0 Å². The van der Waals surface area contributed by atoms with Crippen LogP contribution in [0.4, 0.5) is 0 Å². The van der Waals surface area contributed by atoms with Crippen molar-refractivity contribution < 1.29 is 0 Å². The van der Waals surface area contributed by atoms with Crippen LogP contribution in [0.25, 0.3) is 0 Å². The normalized spacial score (nSPS) is 14.6. The summed E-state index contributed by atoms with van der Waals surface area (Å²) in [7, 11) is 0. The Morgan fingerprint density at radius 3 is 2.94 bits per heavy atom. The van der Waals surface area contributed by atoms with Crippen molar-refractivity contribution in [2.24, 2.45) is 0 Å². The van der Waals surface area contributed by atoms with E-state index in [2.05, 4.69) is 53.3 Å². The van der Waals surface area contributed by atoms with Gasteiger partial charge in [0, 0.05) is 31.5 Å². The standard InChI is InChI=1S/C15H18N2/c1-12-4-2-3-5-13(12)10-14-6-8-17-9-7-16-11-15(14)17/h2-6,8,16H,7,9-11H2,1H3. The molecule has 0 radical (unpaired) electrons. The quantitative estimate of drug-likeness (QED) is 0.832. The van der Waals surface area contributed by atoms with E-state index in [0.29, 0.717) is 0 Å². The Labute approximate surface area is 102 Å². The molecule has 0 atom stereocenters. The van der Waals surface area contributed by atoms with Gasteiger partial charge >= 0.3 is 0 Å². The SMILES string of the molecule is Cc1ccccc1Cc1ccn2c1CNCC2. The molecule has 0 fully saturated rings. The second-order valence-electron chi connectivity index (χ2n) is 4.76. The Bertz CT molecular complexity index is 525. The molecule has 1 aromatic heterocycles. The van der Waals surface area contributed by atoms with Gasteiger partial charge in [-0.25, -0.2) is 0 Å². The first kappa shape index (κ1) is 10.6. The fourth-order valence-electron chi connectivity index (χ4n) is 2.56. The highest BCUT2D eigenvalue weighted by molar-refractivity contribution is 5.34. The highest BCUT2D eigenvalue weighted by Gasteiger charge is 2.13. The van der Waals surface area contributed by atoms with Crippen molar-refractivity contribution in [1.82, 2.24) is 9.88 Å². The summed E-state index contributed by atoms with van der Waals surface area (Å²) in [6, 6.07) is 10.9. The summed E-state index contributed by atoms with van der Waals surface area (Å²) in [5.74, 6) is 0. The first-order valence-electron chi connectivity index (χ1n) is 6.27. The maximum atomic E-state index is 3.45. The van der Waals surface area contributed by atoms with Crippen LogP contribution in [-0.2, 0) is 19.5 Å². The fourth-order valence-corrected chi connectivity index (χ4v) is 2.56. The summed E-state index contributed by atoms with van der Waals surface area (Å²) in [5, 5.41) is 3.45. The lowest BCUT2D eigenvalue weighted by Gasteiger charge is -2.18. The van der Waals surface area contributed by atoms with E-state index in [4.69, 9.17) is 0 Å². The minimum atomic E-state index is 1.01. The zero-order valence-electron chi connectivity index (χ0n) is 10.2. The van der Waals surface area contributed by atoms with Crippen molar-refractivity contribution in [2.75, 3.05) is 6.54 Å². The van der Waals surface area contributed by atoms with E-state index in [-0.39, 0.29) is 0 Å². The van der Waals surface area contributed by atoms with Crippen LogP contribution in [0.15, 0.2) is 36.5 Å². The maximum Gasteiger partial charge on any atom is 0.0362 e. The van der Waals surface area contributed by atoms with Gasteiger partial charge in [0.25, 0.3) is 0 Å². The molecule has 0 spiro atoms. The molecule has 2 heterocycles. The third kappa shape index (κ3) is 2.01. The second kappa shape index (κ2) is 4.38. The van der Waals surface area contributed by atoms with Gasteiger partial charge in [-0.15, -0.1) is 0 Å². The molecule has 1 aromatic carbocycles. The lowest BCUT2D eigenvalue weighted by molar-refractivity contribution is 0.513. The van der Waals surface area contributed by atoms with Crippen LogP contribution in [0.2, 0.25) is 0 Å². The molecule has 17 heavy (non-hydrogen) atoms. The Morgan fingerprint density at radius 2 is 2.06 bits per heavy atom. The number of benzene rings is 1. The Kier molecular flexibility index (Phi) is 2.73. The van der Waals surface area contributed by atoms with Crippen LogP contribution in [0.5, 0.6) is 0 Å². The molecular weight excluding hydrogens is 208 g/mol. The fraction of sp³-hybridized carbons (Fsp3) is 0.333. The van der Waals surface area contributed by atoms with Crippen LogP contribution >= 0.6 is 0 Å². The van der Waals surface area contributed by atoms with E-state index >= 15 is 0 Å². The van der Waals surface area contributed by atoms with Crippen molar-refractivity contribution in [2.45, 2.75) is 26.4 Å². The number of hydrogen-bond acceptors (Lipinski definition) is 1. The number of aromatic nitrogens is 1. The molecule has 1 N–H and O–H groups in total. The molecule has 2 heteroatoms. The van der Waals surface area contributed by atoms with Crippen molar-refractivity contribution in [1.29, 1.82) is 0 Å². The first-order chi connectivity index (χ1) is 8.34. The van der Waals surface area contributed by atoms with Crippen LogP contribution in [-0.4, -0.2) is 11.1 Å². The molecule has 0 unspecified atom stereocenters. The van der Waals surface area contributed by atoms with Gasteiger partial charge in [0.2, 0.25) is 0 Å². The van der Waals surface area contributed by atoms with Gasteiger partial charge in [0.1, 0.15) is 0 Å². The maximum absolute atomic E-state index is 3.45. The van der Waals surface area contributed by atoms with E-state index in [1.54, 1.807) is 0 Å². The number of nitrogens with zero attached hydrogens (tertiary/aromatic N) is 1. The third-order valence-corrected chi connectivity index (χ3v) is 3.64. The summed E-state index contributed by atoms with van der Waals surface area (Å²) in [6.07, 6.45) is 3.28. The second-order valence-corrected chi connectivity index (χ2v) is 4.76. The van der Waals surface area contributed by atoms with Crippen LogP contribution in [0, 0.1) is 6.92 Å². The number of fused-ring (bicyclic) bond motifs is 1. The smallest absolute Gasteiger partial charge is 0.0362 e. The minimum absolute atomic E-state index is 1.01. The summed E-state index contributed by atoms with van der Waals surface area (Å²) < 4.78 is 2.38. The molecule has 0 amide bonds. The molecule has 0 saturated carbocycles. The van der Waals surface area contributed by atoms with Gasteiger partial charge in [-0.3, -0.25) is 0 Å². The Hall–Kier alpha value is -1.54. The number of rotatable bonds is 2. The monoisotopic (exact) mass is 226 g/mol. The van der Waals surface area contributed by atoms with Gasteiger partial charge in [-0.1, -0.05) is 24.3 Å². The zero-order chi connectivity index (χ0) is 11.7. The molecule has 0 aliphatic carbocycles. The number of aryl methyl sites for hydroxylation is 1. The van der Waals surface area contributed by atoms with E-state index in [9.17, 15) is 0 Å². The molecule has 2 aromatic rings. The van der Waals surface area contributed by atoms with Crippen molar-refractivity contribution >= 4 is 0 Å². The molecule has 88 valence electrons. The van der Waals surface area contributed by atoms with Crippen LogP contribution in [0.3, 0.4) is 0 Å². The van der Waals surface area contributed by atoms with Gasteiger partial charge in [-0.2, -0.15) is 0 Å². The van der Waals surface area contributed by atoms with Crippen molar-refractivity contribution in [3.05, 3.63) is 58.9 Å². The van der Waals surface area contributed by atoms with E-state index < -0.39 is 0 Å². The Balaban J connectivity index is 1.91. The summed E-state index contributed by atoms with van der Waals surface area (Å²) >= 11 is 0. The highest BCUT2D eigenvalue weighted by Crippen LogP contribution is 2.19. The predicted molar refractivity (Wildman–Crippen MR) is 70.1 cm³/mol. The van der Waals surface area contributed by atoms with Crippen molar-refractivity contribution in [3.8, 4) is 0 Å². The highest BCUT2D eigenvalue weighted by atomic mass is 15.1. The largest absolute Gasteiger partial charge is 0.349 e. The minimum Gasteiger partial charge on any atom is -0.349 e. The molecule has 2 nitrogen and oxygen atoms in total. The van der Waals surface area contributed by atoms with E-state index in [1.807, 2.05) is 0 Å². The van der Waals surface area contributed by atoms with E-state index in [0.717, 1.165) is 26.1 Å². The first-order valence-corrected chi connectivity index (χ1v) is 6.27. The number of nitrogens with one attached hydrogen (secondary N) is 1.